The van der Waals surface area contributed by atoms with E-state index in [4.69, 9.17) is 5.73 Å². The van der Waals surface area contributed by atoms with Gasteiger partial charge in [0.1, 0.15) is 0 Å². The first kappa shape index (κ1) is 11.8. The van der Waals surface area contributed by atoms with E-state index in [1.807, 2.05) is 13.0 Å². The molecule has 0 aliphatic rings. The zero-order valence-corrected chi connectivity index (χ0v) is 8.25. The number of hydrogen-bond donors (Lipinski definition) is 1. The van der Waals surface area contributed by atoms with Gasteiger partial charge in [-0.15, -0.1) is 0 Å². The number of rotatable bonds is 5. The molecule has 0 atom stereocenters. The van der Waals surface area contributed by atoms with E-state index in [0.29, 0.717) is 6.42 Å². The minimum atomic E-state index is -0.170. The summed E-state index contributed by atoms with van der Waals surface area (Å²) in [4.78, 5) is 10.8. The minimum absolute atomic E-state index is 0.170. The van der Waals surface area contributed by atoms with Crippen LogP contribution in [0.1, 0.15) is 26.2 Å². The lowest BCUT2D eigenvalue weighted by Gasteiger charge is -2.01. The summed E-state index contributed by atoms with van der Waals surface area (Å²) in [6.07, 6.45) is 7.30. The lowest BCUT2D eigenvalue weighted by Crippen LogP contribution is -2.00. The Bertz CT molecular complexity index is 207. The van der Waals surface area contributed by atoms with Gasteiger partial charge in [0.25, 0.3) is 0 Å². The second kappa shape index (κ2) is 7.40. The van der Waals surface area contributed by atoms with E-state index in [9.17, 15) is 4.79 Å². The third-order valence-corrected chi connectivity index (χ3v) is 1.78. The molecule has 0 aromatic heterocycles. The van der Waals surface area contributed by atoms with Crippen LogP contribution in [0.2, 0.25) is 0 Å². The second-order valence-corrected chi connectivity index (χ2v) is 2.64. The third-order valence-electron chi connectivity index (χ3n) is 1.78. The van der Waals surface area contributed by atoms with E-state index >= 15 is 0 Å². The molecular formula is C10H17NO2. The average molecular weight is 183 g/mol. The highest BCUT2D eigenvalue weighted by atomic mass is 16.5. The molecule has 0 saturated carbocycles. The first-order chi connectivity index (χ1) is 6.24. The highest BCUT2D eigenvalue weighted by Crippen LogP contribution is 2.09. The van der Waals surface area contributed by atoms with Crippen molar-refractivity contribution in [1.82, 2.24) is 0 Å². The number of nitrogens with two attached hydrogens (primary N) is 1. The Morgan fingerprint density at radius 3 is 2.62 bits per heavy atom. The molecule has 0 aromatic rings. The van der Waals surface area contributed by atoms with Gasteiger partial charge < -0.3 is 10.5 Å². The van der Waals surface area contributed by atoms with Crippen molar-refractivity contribution in [3.8, 4) is 0 Å². The fraction of sp³-hybridized carbons (Fsp3) is 0.500. The summed E-state index contributed by atoms with van der Waals surface area (Å²) in [5.74, 6) is -0.170. The maximum atomic E-state index is 10.8. The molecule has 0 bridgehead atoms. The van der Waals surface area contributed by atoms with Gasteiger partial charge in [-0.3, -0.25) is 4.79 Å². The molecule has 0 aliphatic carbocycles. The molecule has 3 nitrogen and oxygen atoms in total. The summed E-state index contributed by atoms with van der Waals surface area (Å²) in [6.45, 7) is 2.05. The van der Waals surface area contributed by atoms with Crippen LogP contribution in [0, 0.1) is 0 Å². The topological polar surface area (TPSA) is 52.3 Å². The van der Waals surface area contributed by atoms with Crippen LogP contribution in [0.25, 0.3) is 0 Å². The van der Waals surface area contributed by atoms with Crippen molar-refractivity contribution in [3.63, 3.8) is 0 Å². The molecular weight excluding hydrogens is 166 g/mol. The molecule has 0 heterocycles. The third kappa shape index (κ3) is 5.96. The van der Waals surface area contributed by atoms with Gasteiger partial charge in [-0.05, 0) is 25.1 Å². The van der Waals surface area contributed by atoms with E-state index in [1.54, 1.807) is 6.08 Å². The standard InChI is InChI=1S/C10H17NO2/c1-3-9(5-4-8-11)6-7-10(12)13-2/h4-5,8H,3,6-7,11H2,1-2H3/b8-4-,9-5+. The molecule has 13 heavy (non-hydrogen) atoms. The smallest absolute Gasteiger partial charge is 0.305 e. The van der Waals surface area contributed by atoms with Crippen LogP contribution in [-0.4, -0.2) is 13.1 Å². The van der Waals surface area contributed by atoms with E-state index < -0.39 is 0 Å². The molecule has 3 heteroatoms. The number of allylic oxidation sites excluding steroid dienone is 3. The van der Waals surface area contributed by atoms with Crippen molar-refractivity contribution in [1.29, 1.82) is 0 Å². The van der Waals surface area contributed by atoms with E-state index in [2.05, 4.69) is 4.74 Å². The van der Waals surface area contributed by atoms with Gasteiger partial charge >= 0.3 is 5.97 Å². The average Bonchev–Trinajstić information content (AvgIpc) is 2.17. The number of esters is 1. The maximum absolute atomic E-state index is 10.8. The molecule has 0 spiro atoms. The van der Waals surface area contributed by atoms with Crippen LogP contribution in [0.5, 0.6) is 0 Å². The lowest BCUT2D eigenvalue weighted by molar-refractivity contribution is -0.140. The van der Waals surface area contributed by atoms with Crippen LogP contribution in [-0.2, 0) is 9.53 Å². The molecule has 74 valence electrons. The van der Waals surface area contributed by atoms with Crippen molar-refractivity contribution in [2.45, 2.75) is 26.2 Å². The largest absolute Gasteiger partial charge is 0.469 e. The highest BCUT2D eigenvalue weighted by molar-refractivity contribution is 5.69. The molecule has 0 rings (SSSR count). The second-order valence-electron chi connectivity index (χ2n) is 2.64. The SMILES string of the molecule is CC/C(=C\C=C/N)CCC(=O)OC. The quantitative estimate of drug-likeness (QED) is 0.522. The Labute approximate surface area is 79.3 Å². The van der Waals surface area contributed by atoms with Crippen LogP contribution < -0.4 is 5.73 Å². The first-order valence-corrected chi connectivity index (χ1v) is 4.37. The van der Waals surface area contributed by atoms with Gasteiger partial charge in [-0.25, -0.2) is 0 Å². The van der Waals surface area contributed by atoms with Gasteiger partial charge in [0.2, 0.25) is 0 Å². The summed E-state index contributed by atoms with van der Waals surface area (Å²) < 4.78 is 4.54. The fourth-order valence-corrected chi connectivity index (χ4v) is 0.934. The Morgan fingerprint density at radius 2 is 2.15 bits per heavy atom. The zero-order valence-electron chi connectivity index (χ0n) is 8.25. The first-order valence-electron chi connectivity index (χ1n) is 4.37. The Balaban J connectivity index is 3.92. The zero-order chi connectivity index (χ0) is 10.1. The highest BCUT2D eigenvalue weighted by Gasteiger charge is 2.01. The Morgan fingerprint density at radius 1 is 1.46 bits per heavy atom. The summed E-state index contributed by atoms with van der Waals surface area (Å²) in [5, 5.41) is 0. The summed E-state index contributed by atoms with van der Waals surface area (Å²) >= 11 is 0. The summed E-state index contributed by atoms with van der Waals surface area (Å²) in [5.41, 5.74) is 6.40. The van der Waals surface area contributed by atoms with E-state index in [1.165, 1.54) is 18.9 Å². The van der Waals surface area contributed by atoms with Crippen LogP contribution in [0.3, 0.4) is 0 Å². The lowest BCUT2D eigenvalue weighted by atomic mass is 10.1. The molecule has 0 fully saturated rings. The number of hydrogen-bond acceptors (Lipinski definition) is 3. The molecule has 0 radical (unpaired) electrons. The van der Waals surface area contributed by atoms with Gasteiger partial charge in [-0.1, -0.05) is 18.6 Å². The molecule has 0 aromatic carbocycles. The maximum Gasteiger partial charge on any atom is 0.305 e. The van der Waals surface area contributed by atoms with Gasteiger partial charge in [0.05, 0.1) is 7.11 Å². The summed E-state index contributed by atoms with van der Waals surface area (Å²) in [7, 11) is 1.40. The van der Waals surface area contributed by atoms with Crippen molar-refractivity contribution in [2.24, 2.45) is 5.73 Å². The Kier molecular flexibility index (Phi) is 6.69. The monoisotopic (exact) mass is 183 g/mol. The van der Waals surface area contributed by atoms with Crippen LogP contribution >= 0.6 is 0 Å². The Hall–Kier alpha value is -1.25. The number of carbonyl (C=O) groups excluding carboxylic acids is 1. The van der Waals surface area contributed by atoms with Crippen molar-refractivity contribution in [2.75, 3.05) is 7.11 Å². The predicted molar refractivity (Wildman–Crippen MR) is 53.0 cm³/mol. The van der Waals surface area contributed by atoms with Crippen molar-refractivity contribution >= 4 is 5.97 Å². The molecule has 0 amide bonds. The molecule has 0 aliphatic heterocycles. The minimum Gasteiger partial charge on any atom is -0.469 e. The van der Waals surface area contributed by atoms with E-state index in [-0.39, 0.29) is 5.97 Å². The number of ether oxygens (including phenoxy) is 1. The molecule has 0 unspecified atom stereocenters. The van der Waals surface area contributed by atoms with Crippen molar-refractivity contribution in [3.05, 3.63) is 23.9 Å². The van der Waals surface area contributed by atoms with E-state index in [0.717, 1.165) is 12.8 Å². The van der Waals surface area contributed by atoms with Gasteiger partial charge in [0.15, 0.2) is 0 Å². The number of methoxy groups -OCH3 is 1. The van der Waals surface area contributed by atoms with Crippen LogP contribution in [0.4, 0.5) is 0 Å². The summed E-state index contributed by atoms with van der Waals surface area (Å²) in [6, 6.07) is 0. The molecule has 0 saturated heterocycles. The number of carbonyl (C=O) groups is 1. The van der Waals surface area contributed by atoms with Gasteiger partial charge in [-0.2, -0.15) is 0 Å². The fourth-order valence-electron chi connectivity index (χ4n) is 0.934. The van der Waals surface area contributed by atoms with Crippen LogP contribution in [0.15, 0.2) is 23.9 Å². The normalized spacial score (nSPS) is 12.0. The predicted octanol–water partition coefficient (Wildman–Crippen LogP) is 1.75. The van der Waals surface area contributed by atoms with Gasteiger partial charge in [0, 0.05) is 6.42 Å². The van der Waals surface area contributed by atoms with Crippen molar-refractivity contribution < 1.29 is 9.53 Å². The molecule has 2 N–H and O–H groups in total.